The molecule has 0 spiro atoms. The van der Waals surface area contributed by atoms with Crippen LogP contribution in [0.1, 0.15) is 24.5 Å². The summed E-state index contributed by atoms with van der Waals surface area (Å²) < 4.78 is 16.8. The molecule has 2 aromatic rings. The fraction of sp³-hybridized carbons (Fsp3) is 0.357. The largest absolute Gasteiger partial charge is 0.327 e. The number of aromatic nitrogens is 2. The molecular weight excluding hydrogens is 229 g/mol. The Kier molecular flexibility index (Phi) is 3.77. The van der Waals surface area contributed by atoms with Gasteiger partial charge in [-0.3, -0.25) is 4.68 Å². The van der Waals surface area contributed by atoms with Crippen molar-refractivity contribution >= 4 is 0 Å². The second-order valence-electron chi connectivity index (χ2n) is 4.36. The first-order valence-electron chi connectivity index (χ1n) is 6.18. The third-order valence-electron chi connectivity index (χ3n) is 3.06. The number of nitrogens with two attached hydrogens (primary N) is 1. The van der Waals surface area contributed by atoms with Crippen LogP contribution in [0.15, 0.2) is 42.7 Å². The highest BCUT2D eigenvalue weighted by Crippen LogP contribution is 2.32. The Morgan fingerprint density at radius 2 is 2.00 bits per heavy atom. The van der Waals surface area contributed by atoms with Crippen LogP contribution in [0.4, 0.5) is 4.39 Å². The van der Waals surface area contributed by atoms with Crippen LogP contribution >= 0.6 is 0 Å². The number of hydrogen-bond donors (Lipinski definition) is 1. The molecule has 2 N–H and O–H groups in total. The summed E-state index contributed by atoms with van der Waals surface area (Å²) in [7, 11) is 0. The molecule has 1 aromatic carbocycles. The summed E-state index contributed by atoms with van der Waals surface area (Å²) in [5.74, 6) is 0. The van der Waals surface area contributed by atoms with Crippen molar-refractivity contribution in [3.05, 3.63) is 53.9 Å². The van der Waals surface area contributed by atoms with Crippen LogP contribution in [-0.4, -0.2) is 16.3 Å². The summed E-state index contributed by atoms with van der Waals surface area (Å²) in [6, 6.07) is 9.00. The summed E-state index contributed by atoms with van der Waals surface area (Å²) >= 11 is 0. The quantitative estimate of drug-likeness (QED) is 0.882. The van der Waals surface area contributed by atoms with E-state index in [-0.39, 0.29) is 6.54 Å². The molecule has 2 rings (SSSR count). The number of halogens is 1. The van der Waals surface area contributed by atoms with Gasteiger partial charge in [-0.2, -0.15) is 5.10 Å². The lowest BCUT2D eigenvalue weighted by Crippen LogP contribution is -2.31. The SMILES string of the molecule is CCCn1cc(C(F)(CN)c2ccccc2)cn1. The maximum atomic E-state index is 15.1. The molecule has 0 saturated heterocycles. The fourth-order valence-electron chi connectivity index (χ4n) is 2.02. The Balaban J connectivity index is 2.37. The van der Waals surface area contributed by atoms with Gasteiger partial charge in [0.05, 0.1) is 6.20 Å². The van der Waals surface area contributed by atoms with Gasteiger partial charge in [-0.1, -0.05) is 37.3 Å². The van der Waals surface area contributed by atoms with E-state index in [0.717, 1.165) is 13.0 Å². The van der Waals surface area contributed by atoms with Crippen LogP contribution in [0.2, 0.25) is 0 Å². The van der Waals surface area contributed by atoms with Crippen molar-refractivity contribution in [3.8, 4) is 0 Å². The number of rotatable bonds is 5. The lowest BCUT2D eigenvalue weighted by atomic mass is 9.90. The van der Waals surface area contributed by atoms with Crippen LogP contribution in [-0.2, 0) is 12.2 Å². The third kappa shape index (κ3) is 2.29. The van der Waals surface area contributed by atoms with Crippen LogP contribution in [0.25, 0.3) is 0 Å². The first-order chi connectivity index (χ1) is 8.70. The molecule has 1 heterocycles. The highest BCUT2D eigenvalue weighted by molar-refractivity contribution is 5.34. The molecule has 0 aliphatic rings. The Labute approximate surface area is 106 Å². The molecule has 4 heteroatoms. The van der Waals surface area contributed by atoms with Crippen molar-refractivity contribution in [1.82, 2.24) is 9.78 Å². The summed E-state index contributed by atoms with van der Waals surface area (Å²) in [6.45, 7) is 2.76. The van der Waals surface area contributed by atoms with Gasteiger partial charge in [0, 0.05) is 24.8 Å². The molecule has 1 aromatic heterocycles. The number of alkyl halides is 1. The fourth-order valence-corrected chi connectivity index (χ4v) is 2.02. The highest BCUT2D eigenvalue weighted by atomic mass is 19.1. The first kappa shape index (κ1) is 12.8. The maximum absolute atomic E-state index is 15.1. The number of hydrogen-bond acceptors (Lipinski definition) is 2. The second kappa shape index (κ2) is 5.31. The van der Waals surface area contributed by atoms with E-state index in [0.29, 0.717) is 11.1 Å². The molecule has 0 radical (unpaired) electrons. The molecule has 1 unspecified atom stereocenters. The second-order valence-corrected chi connectivity index (χ2v) is 4.36. The molecule has 0 aliphatic heterocycles. The Hall–Kier alpha value is -1.68. The molecular formula is C14H18FN3. The molecule has 96 valence electrons. The van der Waals surface area contributed by atoms with E-state index in [1.165, 1.54) is 0 Å². The summed E-state index contributed by atoms with van der Waals surface area (Å²) in [5, 5.41) is 4.17. The molecule has 18 heavy (non-hydrogen) atoms. The van der Waals surface area contributed by atoms with Crippen LogP contribution in [0, 0.1) is 0 Å². The van der Waals surface area contributed by atoms with Gasteiger partial charge in [0.25, 0.3) is 0 Å². The number of benzene rings is 1. The average Bonchev–Trinajstić information content (AvgIpc) is 2.88. The normalized spacial score (nSPS) is 14.4. The molecule has 0 aliphatic carbocycles. The molecule has 3 nitrogen and oxygen atoms in total. The highest BCUT2D eigenvalue weighted by Gasteiger charge is 2.33. The minimum absolute atomic E-state index is 0.0885. The molecule has 0 saturated carbocycles. The molecule has 1 atom stereocenters. The van der Waals surface area contributed by atoms with E-state index < -0.39 is 5.67 Å². The Morgan fingerprint density at radius 3 is 2.61 bits per heavy atom. The standard InChI is InChI=1S/C14H18FN3/c1-2-8-18-10-13(9-17-18)14(15,11-16)12-6-4-3-5-7-12/h3-7,9-10H,2,8,11,16H2,1H3. The lowest BCUT2D eigenvalue weighted by Gasteiger charge is -2.22. The van der Waals surface area contributed by atoms with Crippen molar-refractivity contribution in [2.75, 3.05) is 6.54 Å². The van der Waals surface area contributed by atoms with E-state index in [9.17, 15) is 0 Å². The maximum Gasteiger partial charge on any atom is 0.176 e. The summed E-state index contributed by atoms with van der Waals surface area (Å²) in [6.07, 6.45) is 4.27. The zero-order valence-corrected chi connectivity index (χ0v) is 10.5. The smallest absolute Gasteiger partial charge is 0.176 e. The monoisotopic (exact) mass is 247 g/mol. The van der Waals surface area contributed by atoms with Gasteiger partial charge in [-0.25, -0.2) is 4.39 Å². The first-order valence-corrected chi connectivity index (χ1v) is 6.18. The van der Waals surface area contributed by atoms with Crippen molar-refractivity contribution in [3.63, 3.8) is 0 Å². The third-order valence-corrected chi connectivity index (χ3v) is 3.06. The zero-order valence-electron chi connectivity index (χ0n) is 10.5. The van der Waals surface area contributed by atoms with E-state index >= 15 is 4.39 Å². The lowest BCUT2D eigenvalue weighted by molar-refractivity contribution is 0.232. The van der Waals surface area contributed by atoms with Crippen molar-refractivity contribution in [1.29, 1.82) is 0 Å². The van der Waals surface area contributed by atoms with Crippen LogP contribution in [0.3, 0.4) is 0 Å². The predicted octanol–water partition coefficient (Wildman–Crippen LogP) is 2.46. The van der Waals surface area contributed by atoms with Crippen molar-refractivity contribution < 1.29 is 4.39 Å². The van der Waals surface area contributed by atoms with Crippen molar-refractivity contribution in [2.45, 2.75) is 25.6 Å². The van der Waals surface area contributed by atoms with E-state index in [2.05, 4.69) is 12.0 Å². The van der Waals surface area contributed by atoms with Crippen LogP contribution < -0.4 is 5.73 Å². The van der Waals surface area contributed by atoms with Crippen molar-refractivity contribution in [2.24, 2.45) is 5.73 Å². The minimum Gasteiger partial charge on any atom is -0.327 e. The number of nitrogens with zero attached hydrogens (tertiary/aromatic N) is 2. The summed E-state index contributed by atoms with van der Waals surface area (Å²) in [4.78, 5) is 0. The minimum atomic E-state index is -1.66. The molecule has 0 bridgehead atoms. The number of aryl methyl sites for hydroxylation is 1. The van der Waals surface area contributed by atoms with E-state index in [1.54, 1.807) is 29.2 Å². The van der Waals surface area contributed by atoms with Gasteiger partial charge in [-0.05, 0) is 12.0 Å². The van der Waals surface area contributed by atoms with Gasteiger partial charge < -0.3 is 5.73 Å². The van der Waals surface area contributed by atoms with Gasteiger partial charge >= 0.3 is 0 Å². The predicted molar refractivity (Wildman–Crippen MR) is 69.9 cm³/mol. The van der Waals surface area contributed by atoms with Crippen LogP contribution in [0.5, 0.6) is 0 Å². The van der Waals surface area contributed by atoms with Gasteiger partial charge in [0.1, 0.15) is 0 Å². The van der Waals surface area contributed by atoms with Gasteiger partial charge in [-0.15, -0.1) is 0 Å². The topological polar surface area (TPSA) is 43.8 Å². The van der Waals surface area contributed by atoms with E-state index in [1.807, 2.05) is 18.2 Å². The molecule has 0 fully saturated rings. The van der Waals surface area contributed by atoms with E-state index in [4.69, 9.17) is 5.73 Å². The summed E-state index contributed by atoms with van der Waals surface area (Å²) in [5.41, 5.74) is 5.07. The Morgan fingerprint density at radius 1 is 1.28 bits per heavy atom. The van der Waals surface area contributed by atoms with Gasteiger partial charge in [0.15, 0.2) is 5.67 Å². The zero-order chi connectivity index (χ0) is 13.0. The molecule has 0 amide bonds. The Bertz CT molecular complexity index is 495. The van der Waals surface area contributed by atoms with Gasteiger partial charge in [0.2, 0.25) is 0 Å². The average molecular weight is 247 g/mol.